The number of rotatable bonds is 1. The summed E-state index contributed by atoms with van der Waals surface area (Å²) in [6, 6.07) is 9.53. The molecule has 0 bridgehead atoms. The van der Waals surface area contributed by atoms with E-state index in [9.17, 15) is 20.1 Å². The highest BCUT2D eigenvalue weighted by molar-refractivity contribution is 6.05. The van der Waals surface area contributed by atoms with Gasteiger partial charge in [0.25, 0.3) is 0 Å². The molecule has 2 aromatic carbocycles. The molecule has 2 aromatic rings. The third-order valence-electron chi connectivity index (χ3n) is 3.53. The van der Waals surface area contributed by atoms with Gasteiger partial charge in [0.05, 0.1) is 0 Å². The van der Waals surface area contributed by atoms with E-state index in [1.54, 1.807) is 12.1 Å². The normalized spacial score (nSPS) is 20.8. The van der Waals surface area contributed by atoms with E-state index in [0.29, 0.717) is 5.56 Å². The molecule has 0 radical (unpaired) electrons. The van der Waals surface area contributed by atoms with Crippen molar-refractivity contribution in [1.29, 1.82) is 0 Å². The Morgan fingerprint density at radius 1 is 1.10 bits per heavy atom. The SMILES string of the molecule is Cc1ccc(C2Oc3cc(O)cc(O)c3C(=O)C2O)cc1. The highest BCUT2D eigenvalue weighted by atomic mass is 16.5. The molecule has 3 N–H and O–H groups in total. The number of phenolic OH excluding ortho intramolecular Hbond substituents is 2. The maximum atomic E-state index is 12.2. The van der Waals surface area contributed by atoms with Gasteiger partial charge < -0.3 is 20.1 Å². The molecule has 0 saturated heterocycles. The van der Waals surface area contributed by atoms with E-state index in [-0.39, 0.29) is 17.1 Å². The van der Waals surface area contributed by atoms with E-state index < -0.39 is 23.7 Å². The van der Waals surface area contributed by atoms with Crippen LogP contribution in [0.2, 0.25) is 0 Å². The van der Waals surface area contributed by atoms with Crippen LogP contribution < -0.4 is 4.74 Å². The van der Waals surface area contributed by atoms with Crippen LogP contribution in [-0.2, 0) is 0 Å². The fourth-order valence-corrected chi connectivity index (χ4v) is 2.42. The predicted molar refractivity (Wildman–Crippen MR) is 74.7 cm³/mol. The number of benzene rings is 2. The molecular weight excluding hydrogens is 272 g/mol. The highest BCUT2D eigenvalue weighted by Crippen LogP contribution is 2.41. The fraction of sp³-hybridized carbons (Fsp3) is 0.188. The summed E-state index contributed by atoms with van der Waals surface area (Å²) < 4.78 is 5.61. The van der Waals surface area contributed by atoms with Crippen molar-refractivity contribution in [3.8, 4) is 17.2 Å². The second-order valence-electron chi connectivity index (χ2n) is 5.10. The molecule has 2 atom stereocenters. The summed E-state index contributed by atoms with van der Waals surface area (Å²) >= 11 is 0. The Hall–Kier alpha value is -2.53. The highest BCUT2D eigenvalue weighted by Gasteiger charge is 2.38. The first-order valence-corrected chi connectivity index (χ1v) is 6.49. The number of fused-ring (bicyclic) bond motifs is 1. The quantitative estimate of drug-likeness (QED) is 0.747. The smallest absolute Gasteiger partial charge is 0.202 e. The van der Waals surface area contributed by atoms with Crippen molar-refractivity contribution >= 4 is 5.78 Å². The van der Waals surface area contributed by atoms with Crippen LogP contribution in [0.1, 0.15) is 27.6 Å². The number of aromatic hydroxyl groups is 2. The molecule has 0 fully saturated rings. The summed E-state index contributed by atoms with van der Waals surface area (Å²) in [6.45, 7) is 1.93. The number of aryl methyl sites for hydroxylation is 1. The molecule has 0 aromatic heterocycles. The van der Waals surface area contributed by atoms with Gasteiger partial charge in [-0.25, -0.2) is 0 Å². The van der Waals surface area contributed by atoms with Crippen molar-refractivity contribution in [2.45, 2.75) is 19.1 Å². The number of carbonyl (C=O) groups is 1. The van der Waals surface area contributed by atoms with E-state index in [4.69, 9.17) is 4.74 Å². The number of phenols is 2. The molecule has 2 unspecified atom stereocenters. The minimum Gasteiger partial charge on any atom is -0.508 e. The van der Waals surface area contributed by atoms with E-state index in [2.05, 4.69) is 0 Å². The van der Waals surface area contributed by atoms with Gasteiger partial charge in [-0.05, 0) is 12.5 Å². The molecule has 0 amide bonds. The Labute approximate surface area is 121 Å². The van der Waals surface area contributed by atoms with Gasteiger partial charge in [0.15, 0.2) is 12.2 Å². The molecule has 1 aliphatic rings. The maximum Gasteiger partial charge on any atom is 0.202 e. The van der Waals surface area contributed by atoms with Crippen LogP contribution in [0.4, 0.5) is 0 Å². The number of aliphatic hydroxyl groups excluding tert-OH is 1. The molecule has 3 rings (SSSR count). The monoisotopic (exact) mass is 286 g/mol. The first-order valence-electron chi connectivity index (χ1n) is 6.49. The van der Waals surface area contributed by atoms with Crippen LogP contribution in [0.15, 0.2) is 36.4 Å². The van der Waals surface area contributed by atoms with Gasteiger partial charge in [0, 0.05) is 12.1 Å². The molecule has 1 aliphatic heterocycles. The molecule has 0 spiro atoms. The molecular formula is C16H14O5. The van der Waals surface area contributed by atoms with Crippen LogP contribution in [0.3, 0.4) is 0 Å². The van der Waals surface area contributed by atoms with Crippen molar-refractivity contribution in [1.82, 2.24) is 0 Å². The first-order chi connectivity index (χ1) is 9.97. The van der Waals surface area contributed by atoms with Crippen LogP contribution in [0.25, 0.3) is 0 Å². The zero-order valence-electron chi connectivity index (χ0n) is 11.3. The van der Waals surface area contributed by atoms with E-state index >= 15 is 0 Å². The number of hydrogen-bond acceptors (Lipinski definition) is 5. The summed E-state index contributed by atoms with van der Waals surface area (Å²) in [5.74, 6) is -1.18. The third-order valence-corrected chi connectivity index (χ3v) is 3.53. The number of ether oxygens (including phenoxy) is 1. The van der Waals surface area contributed by atoms with E-state index in [1.165, 1.54) is 6.07 Å². The predicted octanol–water partition coefficient (Wildman–Crippen LogP) is 2.08. The molecule has 0 saturated carbocycles. The molecule has 0 aliphatic carbocycles. The molecule has 21 heavy (non-hydrogen) atoms. The van der Waals surface area contributed by atoms with Crippen LogP contribution in [0, 0.1) is 6.92 Å². The minimum absolute atomic E-state index is 0.0633. The zero-order valence-corrected chi connectivity index (χ0v) is 11.3. The first kappa shape index (κ1) is 13.5. The lowest BCUT2D eigenvalue weighted by Gasteiger charge is -2.30. The van der Waals surface area contributed by atoms with Crippen molar-refractivity contribution in [3.05, 3.63) is 53.1 Å². The summed E-state index contributed by atoms with van der Waals surface area (Å²) in [5.41, 5.74) is 1.59. The Kier molecular flexibility index (Phi) is 3.07. The van der Waals surface area contributed by atoms with Crippen LogP contribution in [-0.4, -0.2) is 27.2 Å². The minimum atomic E-state index is -1.41. The lowest BCUT2D eigenvalue weighted by molar-refractivity contribution is 0.0211. The Morgan fingerprint density at radius 3 is 2.43 bits per heavy atom. The topological polar surface area (TPSA) is 87.0 Å². The van der Waals surface area contributed by atoms with Crippen molar-refractivity contribution in [3.63, 3.8) is 0 Å². The summed E-state index contributed by atoms with van der Waals surface area (Å²) in [6.07, 6.45) is -2.28. The second-order valence-corrected chi connectivity index (χ2v) is 5.10. The fourth-order valence-electron chi connectivity index (χ4n) is 2.42. The number of ketones is 1. The number of aliphatic hydroxyl groups is 1. The van der Waals surface area contributed by atoms with Gasteiger partial charge in [0.1, 0.15) is 22.8 Å². The van der Waals surface area contributed by atoms with Crippen LogP contribution in [0.5, 0.6) is 17.2 Å². The lowest BCUT2D eigenvalue weighted by atomic mass is 9.92. The van der Waals surface area contributed by atoms with E-state index in [0.717, 1.165) is 11.6 Å². The lowest BCUT2D eigenvalue weighted by Crippen LogP contribution is -2.36. The van der Waals surface area contributed by atoms with Gasteiger partial charge in [-0.1, -0.05) is 29.8 Å². The molecule has 108 valence electrons. The van der Waals surface area contributed by atoms with Crippen molar-refractivity contribution in [2.24, 2.45) is 0 Å². The van der Waals surface area contributed by atoms with Gasteiger partial charge in [-0.3, -0.25) is 4.79 Å². The van der Waals surface area contributed by atoms with Gasteiger partial charge in [-0.2, -0.15) is 0 Å². The molecule has 5 nitrogen and oxygen atoms in total. The Balaban J connectivity index is 2.07. The van der Waals surface area contributed by atoms with E-state index in [1.807, 2.05) is 19.1 Å². The Morgan fingerprint density at radius 2 is 1.76 bits per heavy atom. The maximum absolute atomic E-state index is 12.2. The summed E-state index contributed by atoms with van der Waals surface area (Å²) in [4.78, 5) is 12.2. The second kappa shape index (κ2) is 4.79. The average molecular weight is 286 g/mol. The summed E-state index contributed by atoms with van der Waals surface area (Å²) in [7, 11) is 0. The third kappa shape index (κ3) is 2.21. The average Bonchev–Trinajstić information content (AvgIpc) is 2.43. The van der Waals surface area contributed by atoms with Crippen molar-refractivity contribution < 1.29 is 24.9 Å². The number of carbonyl (C=O) groups excluding carboxylic acids is 1. The largest absolute Gasteiger partial charge is 0.508 e. The number of hydrogen-bond donors (Lipinski definition) is 3. The van der Waals surface area contributed by atoms with Gasteiger partial charge in [0.2, 0.25) is 5.78 Å². The van der Waals surface area contributed by atoms with Crippen LogP contribution >= 0.6 is 0 Å². The van der Waals surface area contributed by atoms with Crippen molar-refractivity contribution in [2.75, 3.05) is 0 Å². The van der Waals surface area contributed by atoms with Gasteiger partial charge in [-0.15, -0.1) is 0 Å². The standard InChI is InChI=1S/C16H14O5/c1-8-2-4-9(5-3-8)16-15(20)14(19)13-11(18)6-10(17)7-12(13)21-16/h2-7,15-18,20H,1H3. The number of Topliss-reactive ketones (excluding diaryl/α,β-unsaturated/α-hetero) is 1. The molecule has 1 heterocycles. The summed E-state index contributed by atoms with van der Waals surface area (Å²) in [5, 5.41) is 29.4. The Bertz CT molecular complexity index is 705. The zero-order chi connectivity index (χ0) is 15.1. The molecule has 5 heteroatoms. The van der Waals surface area contributed by atoms with Gasteiger partial charge >= 0.3 is 0 Å².